The molecule has 0 spiro atoms. The van der Waals surface area contributed by atoms with E-state index in [1.165, 1.54) is 18.3 Å². The van der Waals surface area contributed by atoms with Crippen LogP contribution in [0.1, 0.15) is 49.9 Å². The zero-order valence-electron chi connectivity index (χ0n) is 21.3. The third-order valence-corrected chi connectivity index (χ3v) is 7.61. The molecule has 1 aromatic heterocycles. The van der Waals surface area contributed by atoms with Crippen molar-refractivity contribution in [3.05, 3.63) is 77.2 Å². The topological polar surface area (TPSA) is 97.5 Å². The monoisotopic (exact) mass is 536 g/mol. The lowest BCUT2D eigenvalue weighted by molar-refractivity contribution is -0.135. The van der Waals surface area contributed by atoms with Crippen LogP contribution >= 0.6 is 11.6 Å². The highest BCUT2D eigenvalue weighted by atomic mass is 35.5. The van der Waals surface area contributed by atoms with Crippen molar-refractivity contribution >= 4 is 29.2 Å². The van der Waals surface area contributed by atoms with E-state index in [1.54, 1.807) is 50.2 Å². The van der Waals surface area contributed by atoms with E-state index < -0.39 is 11.5 Å². The molecule has 0 radical (unpaired) electrons. The van der Waals surface area contributed by atoms with Gasteiger partial charge in [-0.25, -0.2) is 9.37 Å². The summed E-state index contributed by atoms with van der Waals surface area (Å²) in [5.74, 6) is 0.269. The minimum Gasteiger partial charge on any atom is -0.477 e. The molecule has 3 aromatic rings. The van der Waals surface area contributed by atoms with Crippen molar-refractivity contribution in [3.8, 4) is 16.9 Å². The first kappa shape index (κ1) is 26.0. The molecule has 0 saturated carbocycles. The molecular formula is C29H30ClFN4O3. The molecule has 3 N–H and O–H groups in total. The molecule has 0 aliphatic carbocycles. The number of aromatic nitrogens is 1. The third kappa shape index (κ3) is 5.31. The van der Waals surface area contributed by atoms with E-state index in [1.807, 2.05) is 6.07 Å². The number of fused-ring (bicyclic) bond motifs is 2. The van der Waals surface area contributed by atoms with Crippen LogP contribution in [0.25, 0.3) is 11.1 Å². The molecule has 7 nitrogen and oxygen atoms in total. The van der Waals surface area contributed by atoms with Gasteiger partial charge in [0.25, 0.3) is 5.91 Å². The van der Waals surface area contributed by atoms with E-state index in [2.05, 4.69) is 15.2 Å². The van der Waals surface area contributed by atoms with Gasteiger partial charge in [-0.05, 0) is 87.6 Å². The van der Waals surface area contributed by atoms with Crippen LogP contribution in [0.4, 0.5) is 10.2 Å². The van der Waals surface area contributed by atoms with Crippen LogP contribution in [0.5, 0.6) is 5.75 Å². The molecule has 2 bridgehead atoms. The van der Waals surface area contributed by atoms with Gasteiger partial charge in [0.2, 0.25) is 5.91 Å². The van der Waals surface area contributed by atoms with Crippen LogP contribution in [0.15, 0.2) is 60.8 Å². The Morgan fingerprint density at radius 2 is 1.76 bits per heavy atom. The zero-order chi connectivity index (χ0) is 27.0. The van der Waals surface area contributed by atoms with Crippen molar-refractivity contribution in [2.45, 2.75) is 63.3 Å². The minimum absolute atomic E-state index is 0.00537. The second-order valence-electron chi connectivity index (χ2n) is 10.5. The van der Waals surface area contributed by atoms with Crippen LogP contribution in [0.3, 0.4) is 0 Å². The van der Waals surface area contributed by atoms with Crippen molar-refractivity contribution in [2.24, 2.45) is 5.73 Å². The average molecular weight is 537 g/mol. The Balaban J connectivity index is 1.27. The molecule has 5 rings (SSSR count). The number of carbonyl (C=O) groups is 2. The zero-order valence-corrected chi connectivity index (χ0v) is 22.0. The van der Waals surface area contributed by atoms with Crippen molar-refractivity contribution in [3.63, 3.8) is 0 Å². The smallest absolute Gasteiger partial charge is 0.263 e. The maximum Gasteiger partial charge on any atom is 0.263 e. The number of piperidine rings is 1. The van der Waals surface area contributed by atoms with Gasteiger partial charge in [0.15, 0.2) is 5.60 Å². The Bertz CT molecular complexity index is 1330. The third-order valence-electron chi connectivity index (χ3n) is 7.37. The Labute approximate surface area is 226 Å². The van der Waals surface area contributed by atoms with Crippen molar-refractivity contribution < 1.29 is 18.7 Å². The van der Waals surface area contributed by atoms with Gasteiger partial charge in [0.05, 0.1) is 5.56 Å². The molecule has 198 valence electrons. The van der Waals surface area contributed by atoms with Gasteiger partial charge >= 0.3 is 0 Å². The average Bonchev–Trinajstić information content (AvgIpc) is 3.15. The number of ether oxygens (including phenoxy) is 1. The first-order valence-electron chi connectivity index (χ1n) is 12.7. The number of anilines is 1. The molecule has 2 amide bonds. The Morgan fingerprint density at radius 3 is 2.37 bits per heavy atom. The summed E-state index contributed by atoms with van der Waals surface area (Å²) in [6.07, 6.45) is 5.13. The fraction of sp³-hybridized carbons (Fsp3) is 0.345. The molecule has 9 heteroatoms. The molecular weight excluding hydrogens is 507 g/mol. The van der Waals surface area contributed by atoms with E-state index in [9.17, 15) is 14.0 Å². The molecule has 2 atom stereocenters. The number of primary amides is 1. The molecule has 2 saturated heterocycles. The van der Waals surface area contributed by atoms with Crippen LogP contribution < -0.4 is 20.7 Å². The maximum absolute atomic E-state index is 13.5. The normalized spacial score (nSPS) is 20.7. The Kier molecular flexibility index (Phi) is 7.01. The molecule has 2 fully saturated rings. The molecule has 2 aromatic carbocycles. The fourth-order valence-corrected chi connectivity index (χ4v) is 5.65. The van der Waals surface area contributed by atoms with Crippen molar-refractivity contribution in [1.29, 1.82) is 0 Å². The number of nitrogens with zero attached hydrogens (tertiary/aromatic N) is 2. The number of rotatable bonds is 7. The number of benzene rings is 2. The van der Waals surface area contributed by atoms with E-state index in [0.29, 0.717) is 21.9 Å². The SMILES string of the molecule is CC(C)(Oc1ccc(Cl)cc1-c1ccc(F)cc1)C(=O)NC1CC2CCC(C1)N2c1ccc(C(N)=O)cn1. The Hall–Kier alpha value is -3.65. The van der Waals surface area contributed by atoms with Gasteiger partial charge in [-0.15, -0.1) is 0 Å². The standard InChI is InChI=1S/C29H30ClFN4O3/c1-29(2,38-25-11-6-19(30)13-24(25)17-3-7-20(31)8-4-17)28(37)34-21-14-22-9-10-23(15-21)35(22)26-12-5-18(16-33-26)27(32)36/h3-8,11-13,16,21-23H,9-10,14-15H2,1-2H3,(H2,32,36)(H,34,37). The summed E-state index contributed by atoms with van der Waals surface area (Å²) in [5, 5.41) is 3.72. The minimum atomic E-state index is -1.16. The maximum atomic E-state index is 13.5. The number of nitrogens with two attached hydrogens (primary N) is 1. The first-order valence-corrected chi connectivity index (χ1v) is 13.1. The second-order valence-corrected chi connectivity index (χ2v) is 10.9. The second kappa shape index (κ2) is 10.3. The van der Waals surface area contributed by atoms with E-state index in [-0.39, 0.29) is 29.8 Å². The van der Waals surface area contributed by atoms with Crippen LogP contribution in [0, 0.1) is 5.82 Å². The van der Waals surface area contributed by atoms with Gasteiger partial charge in [-0.3, -0.25) is 9.59 Å². The number of pyridine rings is 1. The largest absolute Gasteiger partial charge is 0.477 e. The highest BCUT2D eigenvalue weighted by Gasteiger charge is 2.43. The van der Waals surface area contributed by atoms with Crippen LogP contribution in [0.2, 0.25) is 5.02 Å². The number of halogens is 2. The van der Waals surface area contributed by atoms with E-state index in [4.69, 9.17) is 22.1 Å². The summed E-state index contributed by atoms with van der Waals surface area (Å²) >= 11 is 6.23. The summed E-state index contributed by atoms with van der Waals surface area (Å²) in [6, 6.07) is 15.3. The summed E-state index contributed by atoms with van der Waals surface area (Å²) in [7, 11) is 0. The number of hydrogen-bond acceptors (Lipinski definition) is 5. The van der Waals surface area contributed by atoms with Crippen LogP contribution in [-0.2, 0) is 4.79 Å². The lowest BCUT2D eigenvalue weighted by atomic mass is 9.96. The van der Waals surface area contributed by atoms with Crippen molar-refractivity contribution in [2.75, 3.05) is 4.90 Å². The fourth-order valence-electron chi connectivity index (χ4n) is 5.48. The summed E-state index contributed by atoms with van der Waals surface area (Å²) in [4.78, 5) is 31.6. The number of carbonyl (C=O) groups excluding carboxylic acids is 2. The molecule has 2 aliphatic rings. The van der Waals surface area contributed by atoms with Gasteiger partial charge in [-0.1, -0.05) is 23.7 Å². The number of hydrogen-bond donors (Lipinski definition) is 2. The van der Waals surface area contributed by atoms with E-state index in [0.717, 1.165) is 37.1 Å². The summed E-state index contributed by atoms with van der Waals surface area (Å²) in [5.41, 5.74) is 5.98. The van der Waals surface area contributed by atoms with E-state index >= 15 is 0 Å². The molecule has 38 heavy (non-hydrogen) atoms. The molecule has 2 aliphatic heterocycles. The summed E-state index contributed by atoms with van der Waals surface area (Å²) < 4.78 is 19.7. The highest BCUT2D eigenvalue weighted by Crippen LogP contribution is 2.39. The first-order chi connectivity index (χ1) is 18.1. The predicted octanol–water partition coefficient (Wildman–Crippen LogP) is 5.11. The van der Waals surface area contributed by atoms with Gasteiger partial charge in [0.1, 0.15) is 17.4 Å². The predicted molar refractivity (Wildman–Crippen MR) is 145 cm³/mol. The van der Waals surface area contributed by atoms with Gasteiger partial charge in [-0.2, -0.15) is 0 Å². The highest BCUT2D eigenvalue weighted by molar-refractivity contribution is 6.31. The van der Waals surface area contributed by atoms with Gasteiger partial charge in [0, 0.05) is 34.9 Å². The van der Waals surface area contributed by atoms with Gasteiger partial charge < -0.3 is 20.7 Å². The number of nitrogens with one attached hydrogen (secondary N) is 1. The molecule has 2 unspecified atom stereocenters. The summed E-state index contributed by atoms with van der Waals surface area (Å²) in [6.45, 7) is 3.47. The van der Waals surface area contributed by atoms with Crippen molar-refractivity contribution in [1.82, 2.24) is 10.3 Å². The molecule has 3 heterocycles. The lowest BCUT2D eigenvalue weighted by Gasteiger charge is -2.41. The lowest BCUT2D eigenvalue weighted by Crippen LogP contribution is -2.55. The Morgan fingerprint density at radius 1 is 1.08 bits per heavy atom. The number of amides is 2. The van der Waals surface area contributed by atoms with Crippen LogP contribution in [-0.4, -0.2) is 40.5 Å². The quantitative estimate of drug-likeness (QED) is 0.437.